The van der Waals surface area contributed by atoms with Crippen LogP contribution in [0, 0.1) is 19.3 Å². The fraction of sp³-hybridized carbons (Fsp3) is 0.533. The van der Waals surface area contributed by atoms with E-state index in [2.05, 4.69) is 5.32 Å². The minimum absolute atomic E-state index is 0.203. The predicted octanol–water partition coefficient (Wildman–Crippen LogP) is 2.38. The SMILES string of the molecule is Cc1sc(NC(=O)C(C)(C)C)c(C(=O)O[C@H](C)C(N)=O)c1C. The first kappa shape index (κ1) is 18.2. The molecule has 6 nitrogen and oxygen atoms in total. The van der Waals surface area contributed by atoms with Crippen molar-refractivity contribution in [2.75, 3.05) is 5.32 Å². The summed E-state index contributed by atoms with van der Waals surface area (Å²) >= 11 is 1.30. The zero-order chi connectivity index (χ0) is 17.2. The molecule has 0 unspecified atom stereocenters. The highest BCUT2D eigenvalue weighted by Crippen LogP contribution is 2.34. The molecule has 0 saturated carbocycles. The Morgan fingerprint density at radius 2 is 1.77 bits per heavy atom. The number of anilines is 1. The molecule has 1 rings (SSSR count). The molecule has 22 heavy (non-hydrogen) atoms. The summed E-state index contributed by atoms with van der Waals surface area (Å²) in [5.41, 5.74) is 5.50. The summed E-state index contributed by atoms with van der Waals surface area (Å²) in [5.74, 6) is -1.60. The van der Waals surface area contributed by atoms with Gasteiger partial charge in [-0.1, -0.05) is 20.8 Å². The number of aryl methyl sites for hydroxylation is 1. The summed E-state index contributed by atoms with van der Waals surface area (Å²) in [7, 11) is 0. The third-order valence-electron chi connectivity index (χ3n) is 3.18. The highest BCUT2D eigenvalue weighted by molar-refractivity contribution is 7.16. The van der Waals surface area contributed by atoms with Gasteiger partial charge in [0.1, 0.15) is 5.00 Å². The number of amides is 2. The number of hydrogen-bond donors (Lipinski definition) is 2. The number of primary amides is 1. The average molecular weight is 326 g/mol. The Bertz CT molecular complexity index is 614. The van der Waals surface area contributed by atoms with E-state index in [4.69, 9.17) is 10.5 Å². The van der Waals surface area contributed by atoms with E-state index in [0.717, 1.165) is 10.4 Å². The van der Waals surface area contributed by atoms with Crippen molar-refractivity contribution in [3.05, 3.63) is 16.0 Å². The first-order chi connectivity index (χ1) is 9.95. The lowest BCUT2D eigenvalue weighted by Crippen LogP contribution is -2.31. The van der Waals surface area contributed by atoms with Crippen molar-refractivity contribution in [2.45, 2.75) is 47.6 Å². The molecule has 0 aliphatic rings. The molecular weight excluding hydrogens is 304 g/mol. The van der Waals surface area contributed by atoms with Crippen molar-refractivity contribution in [3.63, 3.8) is 0 Å². The molecule has 0 aliphatic carbocycles. The van der Waals surface area contributed by atoms with Crippen molar-refractivity contribution in [1.29, 1.82) is 0 Å². The van der Waals surface area contributed by atoms with E-state index in [1.165, 1.54) is 18.3 Å². The van der Waals surface area contributed by atoms with E-state index < -0.39 is 23.4 Å². The third-order valence-corrected chi connectivity index (χ3v) is 4.30. The second-order valence-corrected chi connectivity index (χ2v) is 7.37. The lowest BCUT2D eigenvalue weighted by atomic mass is 9.96. The normalized spacial score (nSPS) is 12.6. The molecule has 0 aliphatic heterocycles. The lowest BCUT2D eigenvalue weighted by Gasteiger charge is -2.18. The van der Waals surface area contributed by atoms with Gasteiger partial charge < -0.3 is 15.8 Å². The van der Waals surface area contributed by atoms with E-state index in [1.54, 1.807) is 27.7 Å². The zero-order valence-electron chi connectivity index (χ0n) is 13.7. The summed E-state index contributed by atoms with van der Waals surface area (Å²) in [4.78, 5) is 36.3. The van der Waals surface area contributed by atoms with E-state index in [1.807, 2.05) is 6.92 Å². The number of hydrogen-bond acceptors (Lipinski definition) is 5. The lowest BCUT2D eigenvalue weighted by molar-refractivity contribution is -0.125. The highest BCUT2D eigenvalue weighted by atomic mass is 32.1. The Hall–Kier alpha value is -1.89. The fourth-order valence-electron chi connectivity index (χ4n) is 1.53. The van der Waals surface area contributed by atoms with Crippen LogP contribution in [0.25, 0.3) is 0 Å². The Balaban J connectivity index is 3.12. The predicted molar refractivity (Wildman–Crippen MR) is 85.9 cm³/mol. The van der Waals surface area contributed by atoms with Crippen LogP contribution in [-0.2, 0) is 14.3 Å². The molecule has 0 radical (unpaired) electrons. The summed E-state index contributed by atoms with van der Waals surface area (Å²) in [5, 5.41) is 3.19. The monoisotopic (exact) mass is 326 g/mol. The van der Waals surface area contributed by atoms with Gasteiger partial charge in [-0.05, 0) is 26.3 Å². The van der Waals surface area contributed by atoms with Gasteiger partial charge in [-0.2, -0.15) is 0 Å². The summed E-state index contributed by atoms with van der Waals surface area (Å²) < 4.78 is 5.04. The molecule has 3 N–H and O–H groups in total. The number of nitrogens with one attached hydrogen (secondary N) is 1. The van der Waals surface area contributed by atoms with E-state index >= 15 is 0 Å². The van der Waals surface area contributed by atoms with Crippen LogP contribution in [0.1, 0.15) is 48.5 Å². The molecule has 7 heteroatoms. The number of carbonyl (C=O) groups is 3. The molecule has 0 spiro atoms. The molecule has 1 aromatic rings. The molecule has 122 valence electrons. The van der Waals surface area contributed by atoms with Gasteiger partial charge in [-0.3, -0.25) is 9.59 Å². The van der Waals surface area contributed by atoms with Gasteiger partial charge in [0.25, 0.3) is 5.91 Å². The van der Waals surface area contributed by atoms with Gasteiger partial charge in [0.05, 0.1) is 5.56 Å². The van der Waals surface area contributed by atoms with Crippen molar-refractivity contribution < 1.29 is 19.1 Å². The van der Waals surface area contributed by atoms with Crippen LogP contribution in [0.4, 0.5) is 5.00 Å². The van der Waals surface area contributed by atoms with Gasteiger partial charge in [0, 0.05) is 10.3 Å². The Morgan fingerprint density at radius 3 is 2.23 bits per heavy atom. The van der Waals surface area contributed by atoms with Crippen molar-refractivity contribution in [2.24, 2.45) is 11.1 Å². The third kappa shape index (κ3) is 4.07. The van der Waals surface area contributed by atoms with Crippen LogP contribution in [-0.4, -0.2) is 23.9 Å². The number of nitrogens with two attached hydrogens (primary N) is 1. The second-order valence-electron chi connectivity index (χ2n) is 6.14. The summed E-state index contributed by atoms with van der Waals surface area (Å²) in [6.45, 7) is 10.4. The smallest absolute Gasteiger partial charge is 0.342 e. The number of ether oxygens (including phenoxy) is 1. The zero-order valence-corrected chi connectivity index (χ0v) is 14.5. The number of carbonyl (C=O) groups excluding carboxylic acids is 3. The Morgan fingerprint density at radius 1 is 1.23 bits per heavy atom. The minimum Gasteiger partial charge on any atom is -0.449 e. The maximum absolute atomic E-state index is 12.3. The van der Waals surface area contributed by atoms with Gasteiger partial charge in [-0.25, -0.2) is 4.79 Å². The first-order valence-corrected chi connectivity index (χ1v) is 7.68. The molecule has 2 amide bonds. The molecule has 0 aromatic carbocycles. The standard InChI is InChI=1S/C15H22N2O4S/c1-7-9(3)22-12(17-14(20)15(4,5)6)10(7)13(19)21-8(2)11(16)18/h8H,1-6H3,(H2,16,18)(H,17,20)/t8-/m1/s1. The molecule has 0 saturated heterocycles. The van der Waals surface area contributed by atoms with Crippen LogP contribution in [0.3, 0.4) is 0 Å². The topological polar surface area (TPSA) is 98.5 Å². The number of esters is 1. The first-order valence-electron chi connectivity index (χ1n) is 6.87. The Labute approximate surface area is 134 Å². The van der Waals surface area contributed by atoms with Gasteiger partial charge >= 0.3 is 5.97 Å². The van der Waals surface area contributed by atoms with E-state index in [0.29, 0.717) is 5.00 Å². The largest absolute Gasteiger partial charge is 0.449 e. The van der Waals surface area contributed by atoms with Crippen LogP contribution in [0.2, 0.25) is 0 Å². The molecule has 0 bridgehead atoms. The van der Waals surface area contributed by atoms with Crippen LogP contribution in [0.5, 0.6) is 0 Å². The number of thiophene rings is 1. The van der Waals surface area contributed by atoms with E-state index in [9.17, 15) is 14.4 Å². The average Bonchev–Trinajstić information content (AvgIpc) is 2.63. The quantitative estimate of drug-likeness (QED) is 0.830. The number of rotatable bonds is 4. The van der Waals surface area contributed by atoms with Gasteiger partial charge in [0.15, 0.2) is 6.10 Å². The summed E-state index contributed by atoms with van der Waals surface area (Å²) in [6, 6.07) is 0. The van der Waals surface area contributed by atoms with Crippen LogP contribution >= 0.6 is 11.3 Å². The van der Waals surface area contributed by atoms with Crippen molar-refractivity contribution in [3.8, 4) is 0 Å². The molecule has 0 fully saturated rings. The maximum atomic E-state index is 12.3. The molecule has 1 heterocycles. The van der Waals surface area contributed by atoms with Gasteiger partial charge in [0.2, 0.25) is 5.91 Å². The minimum atomic E-state index is -1.03. The Kier molecular flexibility index (Phi) is 5.35. The second kappa shape index (κ2) is 6.48. The van der Waals surface area contributed by atoms with Crippen LogP contribution < -0.4 is 11.1 Å². The molecule has 1 aromatic heterocycles. The van der Waals surface area contributed by atoms with E-state index in [-0.39, 0.29) is 11.5 Å². The van der Waals surface area contributed by atoms with Crippen molar-refractivity contribution >= 4 is 34.1 Å². The molecular formula is C15H22N2O4S. The maximum Gasteiger partial charge on any atom is 0.342 e. The van der Waals surface area contributed by atoms with Crippen molar-refractivity contribution in [1.82, 2.24) is 0 Å². The molecule has 1 atom stereocenters. The summed E-state index contributed by atoms with van der Waals surface area (Å²) in [6.07, 6.45) is -1.03. The fourth-order valence-corrected chi connectivity index (χ4v) is 2.57. The highest BCUT2D eigenvalue weighted by Gasteiger charge is 2.28. The van der Waals surface area contributed by atoms with Gasteiger partial charge in [-0.15, -0.1) is 11.3 Å². The van der Waals surface area contributed by atoms with Crippen LogP contribution in [0.15, 0.2) is 0 Å².